The van der Waals surface area contributed by atoms with Gasteiger partial charge in [-0.2, -0.15) is 5.10 Å². The molecule has 2 aromatic heterocycles. The van der Waals surface area contributed by atoms with E-state index in [0.29, 0.717) is 18.9 Å². The molecule has 1 aromatic carbocycles. The highest BCUT2D eigenvalue weighted by Crippen LogP contribution is 2.32. The molecule has 1 aliphatic heterocycles. The first-order chi connectivity index (χ1) is 13.1. The molecule has 7 heteroatoms. The molecular formula is C20H24FN5O. The van der Waals surface area contributed by atoms with Crippen LogP contribution in [0.15, 0.2) is 36.7 Å². The number of hydrogen-bond acceptors (Lipinski definition) is 4. The van der Waals surface area contributed by atoms with Crippen molar-refractivity contribution in [3.63, 3.8) is 0 Å². The van der Waals surface area contributed by atoms with Gasteiger partial charge in [0.2, 0.25) is 0 Å². The van der Waals surface area contributed by atoms with Crippen LogP contribution >= 0.6 is 0 Å². The number of rotatable bonds is 4. The summed E-state index contributed by atoms with van der Waals surface area (Å²) in [4.78, 5) is 6.83. The molecule has 3 aromatic rings. The zero-order chi connectivity index (χ0) is 19.0. The molecule has 1 fully saturated rings. The molecule has 1 atom stereocenters. The molecule has 0 aliphatic carbocycles. The van der Waals surface area contributed by atoms with Gasteiger partial charge in [-0.05, 0) is 26.0 Å². The van der Waals surface area contributed by atoms with E-state index in [1.165, 1.54) is 6.07 Å². The van der Waals surface area contributed by atoms with Gasteiger partial charge in [-0.1, -0.05) is 12.1 Å². The predicted octanol–water partition coefficient (Wildman–Crippen LogP) is 2.94. The van der Waals surface area contributed by atoms with E-state index in [1.54, 1.807) is 16.8 Å². The maximum absolute atomic E-state index is 14.3. The van der Waals surface area contributed by atoms with Crippen LogP contribution in [-0.4, -0.2) is 44.0 Å². The third-order valence-electron chi connectivity index (χ3n) is 5.27. The fourth-order valence-electron chi connectivity index (χ4n) is 3.82. The summed E-state index contributed by atoms with van der Waals surface area (Å²) in [6, 6.07) is 6.79. The molecular weight excluding hydrogens is 345 g/mol. The lowest BCUT2D eigenvalue weighted by Gasteiger charge is -2.35. The first-order valence-corrected chi connectivity index (χ1v) is 9.15. The van der Waals surface area contributed by atoms with Crippen molar-refractivity contribution in [2.45, 2.75) is 26.4 Å². The monoisotopic (exact) mass is 369 g/mol. The second-order valence-corrected chi connectivity index (χ2v) is 6.96. The summed E-state index contributed by atoms with van der Waals surface area (Å²) in [5.74, 6) is 0.734. The summed E-state index contributed by atoms with van der Waals surface area (Å²) in [6.45, 7) is 6.82. The Labute approximate surface area is 158 Å². The number of aromatic nitrogens is 4. The molecule has 0 saturated carbocycles. The summed E-state index contributed by atoms with van der Waals surface area (Å²) in [7, 11) is 2.00. The minimum atomic E-state index is -0.278. The highest BCUT2D eigenvalue weighted by Gasteiger charge is 2.31. The molecule has 1 unspecified atom stereocenters. The molecule has 142 valence electrons. The van der Waals surface area contributed by atoms with Crippen LogP contribution in [0.25, 0.3) is 5.69 Å². The zero-order valence-electron chi connectivity index (χ0n) is 15.9. The van der Waals surface area contributed by atoms with Crippen molar-refractivity contribution in [2.75, 3.05) is 19.8 Å². The van der Waals surface area contributed by atoms with Crippen molar-refractivity contribution in [3.05, 3.63) is 65.3 Å². The number of morpholine rings is 1. The SMILES string of the molecule is Cc1nn(-c2ccccc2F)c(C)c1C1COCCN1Cc1nccn1C. The van der Waals surface area contributed by atoms with Crippen molar-refractivity contribution in [2.24, 2.45) is 7.05 Å². The van der Waals surface area contributed by atoms with Crippen molar-refractivity contribution in [3.8, 4) is 5.69 Å². The molecule has 3 heterocycles. The third-order valence-corrected chi connectivity index (χ3v) is 5.27. The lowest BCUT2D eigenvalue weighted by atomic mass is 10.0. The number of ether oxygens (including phenoxy) is 1. The van der Waals surface area contributed by atoms with E-state index in [4.69, 9.17) is 4.74 Å². The Bertz CT molecular complexity index is 948. The fraction of sp³-hybridized carbons (Fsp3) is 0.400. The Kier molecular flexibility index (Phi) is 4.80. The van der Waals surface area contributed by atoms with Crippen molar-refractivity contribution >= 4 is 0 Å². The fourth-order valence-corrected chi connectivity index (χ4v) is 3.82. The van der Waals surface area contributed by atoms with Gasteiger partial charge < -0.3 is 9.30 Å². The van der Waals surface area contributed by atoms with Gasteiger partial charge in [0.25, 0.3) is 0 Å². The number of benzene rings is 1. The molecule has 4 rings (SSSR count). The van der Waals surface area contributed by atoms with Crippen LogP contribution < -0.4 is 0 Å². The van der Waals surface area contributed by atoms with Gasteiger partial charge in [0.1, 0.15) is 17.3 Å². The largest absolute Gasteiger partial charge is 0.378 e. The Morgan fingerprint density at radius 3 is 2.81 bits per heavy atom. The number of para-hydroxylation sites is 1. The van der Waals surface area contributed by atoms with Gasteiger partial charge in [-0.3, -0.25) is 4.90 Å². The molecule has 1 saturated heterocycles. The Balaban J connectivity index is 1.71. The smallest absolute Gasteiger partial charge is 0.148 e. The van der Waals surface area contributed by atoms with Crippen LogP contribution in [0.5, 0.6) is 0 Å². The standard InChI is InChI=1S/C20H24FN5O/c1-14-20(15(2)26(23-14)17-7-5-4-6-16(17)21)18-13-27-11-10-25(18)12-19-22-8-9-24(19)3/h4-9,18H,10-13H2,1-3H3. The number of imidazole rings is 1. The van der Waals surface area contributed by atoms with Crippen LogP contribution in [-0.2, 0) is 18.3 Å². The quantitative estimate of drug-likeness (QED) is 0.710. The van der Waals surface area contributed by atoms with E-state index in [9.17, 15) is 4.39 Å². The van der Waals surface area contributed by atoms with E-state index in [2.05, 4.69) is 15.0 Å². The highest BCUT2D eigenvalue weighted by atomic mass is 19.1. The highest BCUT2D eigenvalue weighted by molar-refractivity contribution is 5.39. The van der Waals surface area contributed by atoms with Crippen LogP contribution in [0, 0.1) is 19.7 Å². The summed E-state index contributed by atoms with van der Waals surface area (Å²) >= 11 is 0. The average molecular weight is 369 g/mol. The summed E-state index contributed by atoms with van der Waals surface area (Å²) in [6.07, 6.45) is 3.77. The van der Waals surface area contributed by atoms with Crippen molar-refractivity contribution < 1.29 is 9.13 Å². The lowest BCUT2D eigenvalue weighted by Crippen LogP contribution is -2.40. The molecule has 27 heavy (non-hydrogen) atoms. The summed E-state index contributed by atoms with van der Waals surface area (Å²) in [5.41, 5.74) is 3.41. The molecule has 0 radical (unpaired) electrons. The van der Waals surface area contributed by atoms with Gasteiger partial charge in [0.15, 0.2) is 0 Å². The molecule has 0 amide bonds. The number of aryl methyl sites for hydroxylation is 2. The Morgan fingerprint density at radius 1 is 1.26 bits per heavy atom. The second-order valence-electron chi connectivity index (χ2n) is 6.96. The van der Waals surface area contributed by atoms with E-state index >= 15 is 0 Å². The van der Waals surface area contributed by atoms with Crippen molar-refractivity contribution in [1.82, 2.24) is 24.2 Å². The molecule has 0 N–H and O–H groups in total. The van der Waals surface area contributed by atoms with Crippen LogP contribution in [0.2, 0.25) is 0 Å². The van der Waals surface area contributed by atoms with Crippen molar-refractivity contribution in [1.29, 1.82) is 0 Å². The topological polar surface area (TPSA) is 48.1 Å². The average Bonchev–Trinajstić information content (AvgIpc) is 3.19. The van der Waals surface area contributed by atoms with Gasteiger partial charge in [-0.15, -0.1) is 0 Å². The van der Waals surface area contributed by atoms with E-state index in [1.807, 2.05) is 43.9 Å². The van der Waals surface area contributed by atoms with E-state index in [-0.39, 0.29) is 11.9 Å². The van der Waals surface area contributed by atoms with E-state index in [0.717, 1.165) is 35.9 Å². The Hall–Kier alpha value is -2.51. The predicted molar refractivity (Wildman–Crippen MR) is 100 cm³/mol. The zero-order valence-corrected chi connectivity index (χ0v) is 15.9. The van der Waals surface area contributed by atoms with Gasteiger partial charge in [0.05, 0.1) is 31.5 Å². The van der Waals surface area contributed by atoms with Crippen LogP contribution in [0.1, 0.15) is 28.8 Å². The van der Waals surface area contributed by atoms with Crippen LogP contribution in [0.4, 0.5) is 4.39 Å². The number of halogens is 1. The molecule has 1 aliphatic rings. The molecule has 0 spiro atoms. The van der Waals surface area contributed by atoms with Gasteiger partial charge >= 0.3 is 0 Å². The van der Waals surface area contributed by atoms with E-state index < -0.39 is 0 Å². The number of nitrogens with zero attached hydrogens (tertiary/aromatic N) is 5. The summed E-state index contributed by atoms with van der Waals surface area (Å²) in [5, 5.41) is 4.64. The maximum atomic E-state index is 14.3. The first-order valence-electron chi connectivity index (χ1n) is 9.15. The van der Waals surface area contributed by atoms with Gasteiger partial charge in [0, 0.05) is 37.2 Å². The summed E-state index contributed by atoms with van der Waals surface area (Å²) < 4.78 is 23.8. The number of hydrogen-bond donors (Lipinski definition) is 0. The maximum Gasteiger partial charge on any atom is 0.148 e. The van der Waals surface area contributed by atoms with Gasteiger partial charge in [-0.25, -0.2) is 14.1 Å². The normalized spacial score (nSPS) is 18.1. The van der Waals surface area contributed by atoms with Crippen LogP contribution in [0.3, 0.4) is 0 Å². The third kappa shape index (κ3) is 3.28. The first kappa shape index (κ1) is 17.9. The Morgan fingerprint density at radius 2 is 2.07 bits per heavy atom. The second kappa shape index (κ2) is 7.25. The lowest BCUT2D eigenvalue weighted by molar-refractivity contribution is -0.0146. The molecule has 6 nitrogen and oxygen atoms in total. The minimum absolute atomic E-state index is 0.0657. The molecule has 0 bridgehead atoms. The minimum Gasteiger partial charge on any atom is -0.378 e.